The van der Waals surface area contributed by atoms with Gasteiger partial charge in [-0.1, -0.05) is 133 Å². The molecule has 258 valence electrons. The minimum Gasteiger partial charge on any atom is -0.494 e. The second-order valence-electron chi connectivity index (χ2n) is 11.0. The summed E-state index contributed by atoms with van der Waals surface area (Å²) in [5, 5.41) is 6.89. The molecule has 0 amide bonds. The van der Waals surface area contributed by atoms with E-state index in [0.29, 0.717) is 24.6 Å². The number of nitrogens with zero attached hydrogens (tertiary/aromatic N) is 1. The van der Waals surface area contributed by atoms with Gasteiger partial charge in [0.15, 0.2) is 0 Å². The van der Waals surface area contributed by atoms with Gasteiger partial charge in [0.2, 0.25) is 10.0 Å². The highest BCUT2D eigenvalue weighted by molar-refractivity contribution is 7.88. The van der Waals surface area contributed by atoms with Gasteiger partial charge in [0.05, 0.1) is 18.0 Å². The Bertz CT molecular complexity index is 1200. The Morgan fingerprint density at radius 3 is 2.17 bits per heavy atom. The summed E-state index contributed by atoms with van der Waals surface area (Å²) >= 11 is 0. The van der Waals surface area contributed by atoms with Crippen LogP contribution in [0.25, 0.3) is 0 Å². The molecule has 0 saturated heterocycles. The fourth-order valence-corrected chi connectivity index (χ4v) is 6.35. The number of carboxylic acid groups (broad SMARTS) is 1. The van der Waals surface area contributed by atoms with Crippen LogP contribution in [0.5, 0.6) is 0 Å². The van der Waals surface area contributed by atoms with Gasteiger partial charge in [-0.2, -0.15) is 0 Å². The summed E-state index contributed by atoms with van der Waals surface area (Å²) in [6, 6.07) is 9.26. The Balaban J connectivity index is 0. The molecule has 1 saturated carbocycles. The van der Waals surface area contributed by atoms with Gasteiger partial charge in [-0.15, -0.1) is 18.9 Å². The molecule has 6 nitrogen and oxygen atoms in total. The van der Waals surface area contributed by atoms with Gasteiger partial charge in [0.25, 0.3) is 6.47 Å². The van der Waals surface area contributed by atoms with Crippen LogP contribution in [0.3, 0.4) is 0 Å². The first-order chi connectivity index (χ1) is 22.1. The second kappa shape index (κ2) is 28.9. The van der Waals surface area contributed by atoms with Crippen molar-refractivity contribution in [3.05, 3.63) is 96.0 Å². The van der Waals surface area contributed by atoms with Crippen molar-refractivity contribution in [2.75, 3.05) is 13.2 Å². The smallest absolute Gasteiger partial charge is 0.290 e. The summed E-state index contributed by atoms with van der Waals surface area (Å²) in [5.41, 5.74) is 2.60. The van der Waals surface area contributed by atoms with Crippen molar-refractivity contribution in [2.24, 2.45) is 11.8 Å². The highest BCUT2D eigenvalue weighted by Crippen LogP contribution is 2.26. The summed E-state index contributed by atoms with van der Waals surface area (Å²) in [7, 11) is -3.49. The molecule has 1 N–H and O–H groups in total. The lowest BCUT2D eigenvalue weighted by Crippen LogP contribution is -2.37. The number of carbonyl (C=O) groups is 1. The molecule has 1 aromatic rings. The third-order valence-electron chi connectivity index (χ3n) is 7.08. The molecule has 0 spiro atoms. The van der Waals surface area contributed by atoms with Crippen molar-refractivity contribution in [1.82, 2.24) is 4.31 Å². The predicted octanol–water partition coefficient (Wildman–Crippen LogP) is 10.1. The normalized spacial score (nSPS) is 18.0. The Hall–Kier alpha value is -3.50. The number of sulfonamides is 1. The Kier molecular flexibility index (Phi) is 28.1. The van der Waals surface area contributed by atoms with Crippen molar-refractivity contribution in [3.63, 3.8) is 0 Å². The average molecular weight is 656 g/mol. The first kappa shape index (κ1) is 44.6. The van der Waals surface area contributed by atoms with E-state index in [1.54, 1.807) is 6.92 Å². The van der Waals surface area contributed by atoms with Gasteiger partial charge in [0, 0.05) is 0 Å². The largest absolute Gasteiger partial charge is 0.494 e. The van der Waals surface area contributed by atoms with Gasteiger partial charge in [-0.05, 0) is 56.6 Å². The van der Waals surface area contributed by atoms with E-state index in [4.69, 9.17) is 14.6 Å². The highest BCUT2D eigenvalue weighted by atomic mass is 32.2. The zero-order valence-corrected chi connectivity index (χ0v) is 30.4. The molecule has 1 aliphatic carbocycles. The van der Waals surface area contributed by atoms with Crippen LogP contribution < -0.4 is 0 Å². The molecule has 46 heavy (non-hydrogen) atoms. The van der Waals surface area contributed by atoms with Crippen molar-refractivity contribution in [1.29, 1.82) is 0 Å². The van der Waals surface area contributed by atoms with E-state index in [-0.39, 0.29) is 12.2 Å². The van der Waals surface area contributed by atoms with E-state index in [1.165, 1.54) is 42.0 Å². The summed E-state index contributed by atoms with van der Waals surface area (Å²) < 4.78 is 33.2. The monoisotopic (exact) mass is 655 g/mol. The SMILES string of the molecule is C#CC.C=CC/C(=C\C=C/CC)C/C=C\C1=C(C)OCCN1S(=O)(=O)Cc1ccccc1.CC.C[C@H]1CCC[C@H](C)CC1.O=CO. The van der Waals surface area contributed by atoms with E-state index in [9.17, 15) is 8.42 Å². The maximum atomic E-state index is 13.1. The van der Waals surface area contributed by atoms with E-state index >= 15 is 0 Å². The molecule has 0 radical (unpaired) electrons. The van der Waals surface area contributed by atoms with Gasteiger partial charge in [0.1, 0.15) is 12.4 Å². The van der Waals surface area contributed by atoms with Crippen LogP contribution in [0, 0.1) is 24.2 Å². The summed E-state index contributed by atoms with van der Waals surface area (Å²) in [6.45, 7) is 18.6. The summed E-state index contributed by atoms with van der Waals surface area (Å²) in [5.74, 6) is 4.87. The van der Waals surface area contributed by atoms with Crippen LogP contribution in [0.4, 0.5) is 0 Å². The van der Waals surface area contributed by atoms with Crippen LogP contribution in [0.15, 0.2) is 90.4 Å². The third-order valence-corrected chi connectivity index (χ3v) is 8.83. The summed E-state index contributed by atoms with van der Waals surface area (Å²) in [6.07, 6.45) is 26.5. The fraction of sp³-hybridized carbons (Fsp3) is 0.513. The van der Waals surface area contributed by atoms with Gasteiger partial charge in [-0.25, -0.2) is 8.42 Å². The van der Waals surface area contributed by atoms with Crippen LogP contribution in [-0.4, -0.2) is 37.5 Å². The lowest BCUT2D eigenvalue weighted by molar-refractivity contribution is -0.122. The van der Waals surface area contributed by atoms with Crippen molar-refractivity contribution in [3.8, 4) is 12.3 Å². The number of hydrogen-bond donors (Lipinski definition) is 1. The van der Waals surface area contributed by atoms with Crippen molar-refractivity contribution < 1.29 is 23.1 Å². The lowest BCUT2D eigenvalue weighted by Gasteiger charge is -2.30. The highest BCUT2D eigenvalue weighted by Gasteiger charge is 2.28. The standard InChI is InChI=1S/C24H31NO3S.C9H18.C3H4.C2H6.CH2O2/c1-4-6-8-13-22(12-5-2)16-11-17-24-21(3)28-19-18-25(24)29(26,27)20-23-14-9-7-10-15-23;1-8-4-3-5-9(2)7-6-8;1-3-2;1-2;2-1-3/h5-11,13-15,17H,2,4,12,16,18-20H2,1,3H3;8-9H,3-7H2,1-2H3;1H,2H3;1-2H3;1H,(H,2,3)/b8-6-,17-11-,22-13+;;;;/t;8-,9-;;;/m.0.../s1. The minimum atomic E-state index is -3.49. The number of rotatable bonds is 10. The molecular formula is C39H61NO5S. The molecule has 1 aliphatic heterocycles. The fourth-order valence-electron chi connectivity index (χ4n) is 4.74. The van der Waals surface area contributed by atoms with E-state index in [1.807, 2.05) is 69.3 Å². The van der Waals surface area contributed by atoms with Crippen LogP contribution >= 0.6 is 0 Å². The Labute approximate surface area is 282 Å². The van der Waals surface area contributed by atoms with Gasteiger partial charge < -0.3 is 9.84 Å². The number of terminal acetylenes is 1. The molecule has 1 fully saturated rings. The predicted molar refractivity (Wildman–Crippen MR) is 196 cm³/mol. The topological polar surface area (TPSA) is 83.9 Å². The van der Waals surface area contributed by atoms with Gasteiger partial charge >= 0.3 is 0 Å². The summed E-state index contributed by atoms with van der Waals surface area (Å²) in [4.78, 5) is 8.36. The Morgan fingerprint density at radius 1 is 1.09 bits per heavy atom. The molecule has 2 atom stereocenters. The van der Waals surface area contributed by atoms with Gasteiger partial charge in [-0.3, -0.25) is 9.10 Å². The first-order valence-electron chi connectivity index (χ1n) is 16.5. The molecule has 0 unspecified atom stereocenters. The molecule has 1 heterocycles. The van der Waals surface area contributed by atoms with Crippen molar-refractivity contribution in [2.45, 2.75) is 106 Å². The molecular weight excluding hydrogens is 594 g/mol. The zero-order valence-electron chi connectivity index (χ0n) is 29.6. The van der Waals surface area contributed by atoms with Crippen molar-refractivity contribution >= 4 is 16.5 Å². The first-order valence-corrected chi connectivity index (χ1v) is 18.2. The van der Waals surface area contributed by atoms with E-state index < -0.39 is 10.0 Å². The molecule has 1 aromatic carbocycles. The molecule has 2 aliphatic rings. The number of ether oxygens (including phenoxy) is 1. The average Bonchev–Trinajstić information content (AvgIpc) is 3.22. The minimum absolute atomic E-state index is 0.0259. The number of allylic oxidation sites excluding steroid dienone is 8. The zero-order chi connectivity index (χ0) is 35.2. The number of benzene rings is 1. The maximum Gasteiger partial charge on any atom is 0.290 e. The van der Waals surface area contributed by atoms with E-state index in [2.05, 4.69) is 57.9 Å². The quantitative estimate of drug-likeness (QED) is 0.0892. The molecule has 0 aromatic heterocycles. The lowest BCUT2D eigenvalue weighted by atomic mass is 10.0. The van der Waals surface area contributed by atoms with Crippen LogP contribution in [0.2, 0.25) is 0 Å². The molecule has 0 bridgehead atoms. The van der Waals surface area contributed by atoms with Crippen LogP contribution in [0.1, 0.15) is 105 Å². The third kappa shape index (κ3) is 21.3. The molecule has 3 rings (SSSR count). The number of hydrogen-bond acceptors (Lipinski definition) is 4. The Morgan fingerprint density at radius 2 is 1.65 bits per heavy atom. The molecule has 7 heteroatoms. The maximum absolute atomic E-state index is 13.1. The van der Waals surface area contributed by atoms with Crippen LogP contribution in [-0.2, 0) is 25.3 Å². The second-order valence-corrected chi connectivity index (χ2v) is 12.9. The van der Waals surface area contributed by atoms with E-state index in [0.717, 1.165) is 36.7 Å².